The summed E-state index contributed by atoms with van der Waals surface area (Å²) < 4.78 is 0. The Hall–Kier alpha value is -1.35. The van der Waals surface area contributed by atoms with E-state index in [1.54, 1.807) is 11.3 Å². The van der Waals surface area contributed by atoms with Gasteiger partial charge in [0.05, 0.1) is 10.7 Å². The van der Waals surface area contributed by atoms with Gasteiger partial charge in [0.2, 0.25) is 0 Å². The van der Waals surface area contributed by atoms with Gasteiger partial charge in [0.1, 0.15) is 0 Å². The van der Waals surface area contributed by atoms with Gasteiger partial charge in [-0.1, -0.05) is 32.9 Å². The Morgan fingerprint density at radius 2 is 1.84 bits per heavy atom. The molecule has 0 radical (unpaired) electrons. The van der Waals surface area contributed by atoms with Crippen molar-refractivity contribution in [2.75, 3.05) is 11.9 Å². The predicted octanol–water partition coefficient (Wildman–Crippen LogP) is 4.97. The summed E-state index contributed by atoms with van der Waals surface area (Å²) in [7, 11) is 0. The van der Waals surface area contributed by atoms with E-state index in [0.717, 1.165) is 17.2 Å². The summed E-state index contributed by atoms with van der Waals surface area (Å²) in [6, 6.07) is 8.53. The van der Waals surface area contributed by atoms with Gasteiger partial charge in [-0.05, 0) is 30.9 Å². The van der Waals surface area contributed by atoms with Crippen molar-refractivity contribution in [3.8, 4) is 11.3 Å². The van der Waals surface area contributed by atoms with Crippen LogP contribution >= 0.6 is 11.3 Å². The van der Waals surface area contributed by atoms with Gasteiger partial charge in [-0.3, -0.25) is 0 Å². The number of hydrogen-bond acceptors (Lipinski definition) is 3. The largest absolute Gasteiger partial charge is 0.385 e. The lowest BCUT2D eigenvalue weighted by molar-refractivity contribution is 0.390. The average Bonchev–Trinajstić information content (AvgIpc) is 2.75. The minimum Gasteiger partial charge on any atom is -0.385 e. The quantitative estimate of drug-likeness (QED) is 0.851. The molecule has 0 bridgehead atoms. The third-order valence-corrected chi connectivity index (χ3v) is 3.78. The first kappa shape index (κ1) is 14.1. The average molecular weight is 274 g/mol. The Labute approximate surface area is 119 Å². The molecule has 1 heterocycles. The maximum Gasteiger partial charge on any atom is 0.0901 e. The summed E-state index contributed by atoms with van der Waals surface area (Å²) in [6.45, 7) is 9.85. The lowest BCUT2D eigenvalue weighted by Gasteiger charge is -2.18. The van der Waals surface area contributed by atoms with Crippen molar-refractivity contribution >= 4 is 17.0 Å². The topological polar surface area (TPSA) is 24.9 Å². The fourth-order valence-electron chi connectivity index (χ4n) is 1.84. The highest BCUT2D eigenvalue weighted by Gasteiger charge is 2.09. The summed E-state index contributed by atoms with van der Waals surface area (Å²) in [5.74, 6) is 0. The molecule has 0 aliphatic heterocycles. The van der Waals surface area contributed by atoms with Crippen LogP contribution in [-0.4, -0.2) is 11.5 Å². The van der Waals surface area contributed by atoms with E-state index in [9.17, 15) is 0 Å². The van der Waals surface area contributed by atoms with Crippen molar-refractivity contribution in [3.63, 3.8) is 0 Å². The Morgan fingerprint density at radius 1 is 1.16 bits per heavy atom. The molecule has 0 atom stereocenters. The van der Waals surface area contributed by atoms with Gasteiger partial charge in [-0.2, -0.15) is 0 Å². The molecule has 1 N–H and O–H groups in total. The van der Waals surface area contributed by atoms with Crippen molar-refractivity contribution in [2.24, 2.45) is 5.41 Å². The number of aryl methyl sites for hydroxylation is 1. The van der Waals surface area contributed by atoms with Gasteiger partial charge in [0, 0.05) is 23.2 Å². The molecule has 0 spiro atoms. The van der Waals surface area contributed by atoms with E-state index in [0.29, 0.717) is 5.41 Å². The molecular weight excluding hydrogens is 252 g/mol. The first-order chi connectivity index (χ1) is 8.94. The molecule has 0 saturated carbocycles. The number of nitrogens with one attached hydrogen (secondary N) is 1. The number of thiazole rings is 1. The van der Waals surface area contributed by atoms with Gasteiger partial charge in [0.25, 0.3) is 0 Å². The molecule has 0 unspecified atom stereocenters. The number of rotatable bonds is 4. The number of nitrogens with zero attached hydrogens (tertiary/aromatic N) is 1. The molecule has 0 aliphatic rings. The molecule has 19 heavy (non-hydrogen) atoms. The van der Waals surface area contributed by atoms with E-state index in [2.05, 4.69) is 60.7 Å². The standard InChI is InChI=1S/C16H22N2S/c1-12-18-15(11-19-12)13-5-7-14(8-6-13)17-10-9-16(2,3)4/h5-8,11,17H,9-10H2,1-4H3. The van der Waals surface area contributed by atoms with Crippen molar-refractivity contribution in [1.29, 1.82) is 0 Å². The number of benzene rings is 1. The van der Waals surface area contributed by atoms with Crippen LogP contribution in [0.1, 0.15) is 32.2 Å². The van der Waals surface area contributed by atoms with Crippen molar-refractivity contribution < 1.29 is 0 Å². The van der Waals surface area contributed by atoms with Gasteiger partial charge < -0.3 is 5.32 Å². The van der Waals surface area contributed by atoms with E-state index in [-0.39, 0.29) is 0 Å². The molecule has 2 nitrogen and oxygen atoms in total. The van der Waals surface area contributed by atoms with E-state index in [1.165, 1.54) is 17.7 Å². The first-order valence-electron chi connectivity index (χ1n) is 6.70. The van der Waals surface area contributed by atoms with E-state index >= 15 is 0 Å². The van der Waals surface area contributed by atoms with Crippen molar-refractivity contribution in [2.45, 2.75) is 34.1 Å². The molecule has 1 aromatic heterocycles. The van der Waals surface area contributed by atoms with Crippen LogP contribution in [0.2, 0.25) is 0 Å². The van der Waals surface area contributed by atoms with E-state index in [1.807, 2.05) is 6.92 Å². The third-order valence-electron chi connectivity index (χ3n) is 3.00. The molecule has 102 valence electrons. The van der Waals surface area contributed by atoms with Crippen molar-refractivity contribution in [1.82, 2.24) is 4.98 Å². The number of anilines is 1. The summed E-state index contributed by atoms with van der Waals surface area (Å²) in [4.78, 5) is 4.50. The highest BCUT2D eigenvalue weighted by atomic mass is 32.1. The van der Waals surface area contributed by atoms with Gasteiger partial charge in [-0.25, -0.2) is 4.98 Å². The fraction of sp³-hybridized carbons (Fsp3) is 0.438. The smallest absolute Gasteiger partial charge is 0.0901 e. The molecule has 0 amide bonds. The minimum atomic E-state index is 0.380. The van der Waals surface area contributed by atoms with Crippen LogP contribution in [0, 0.1) is 12.3 Å². The second-order valence-electron chi connectivity index (χ2n) is 6.07. The van der Waals surface area contributed by atoms with Gasteiger partial charge >= 0.3 is 0 Å². The molecule has 0 saturated heterocycles. The van der Waals surface area contributed by atoms with Crippen LogP contribution in [0.3, 0.4) is 0 Å². The van der Waals surface area contributed by atoms with Crippen LogP contribution in [-0.2, 0) is 0 Å². The molecule has 1 aromatic carbocycles. The normalized spacial score (nSPS) is 11.6. The van der Waals surface area contributed by atoms with Crippen LogP contribution in [0.4, 0.5) is 5.69 Å². The lowest BCUT2D eigenvalue weighted by atomic mass is 9.92. The van der Waals surface area contributed by atoms with Crippen LogP contribution in [0.5, 0.6) is 0 Å². The second-order valence-corrected chi connectivity index (χ2v) is 7.13. The van der Waals surface area contributed by atoms with Crippen LogP contribution in [0.25, 0.3) is 11.3 Å². The summed E-state index contributed by atoms with van der Waals surface area (Å²) in [5.41, 5.74) is 3.82. The monoisotopic (exact) mass is 274 g/mol. The maximum atomic E-state index is 4.50. The van der Waals surface area contributed by atoms with Crippen LogP contribution < -0.4 is 5.32 Å². The van der Waals surface area contributed by atoms with Crippen LogP contribution in [0.15, 0.2) is 29.6 Å². The summed E-state index contributed by atoms with van der Waals surface area (Å²) in [5, 5.41) is 6.69. The van der Waals surface area contributed by atoms with E-state index in [4.69, 9.17) is 0 Å². The number of aromatic nitrogens is 1. The molecule has 0 aliphatic carbocycles. The van der Waals surface area contributed by atoms with Gasteiger partial charge in [0.15, 0.2) is 0 Å². The Balaban J connectivity index is 1.95. The molecule has 0 fully saturated rings. The second kappa shape index (κ2) is 5.74. The Morgan fingerprint density at radius 3 is 2.37 bits per heavy atom. The summed E-state index contributed by atoms with van der Waals surface area (Å²) >= 11 is 1.69. The van der Waals surface area contributed by atoms with Crippen molar-refractivity contribution in [3.05, 3.63) is 34.7 Å². The number of hydrogen-bond donors (Lipinski definition) is 1. The molecule has 2 rings (SSSR count). The Kier molecular flexibility index (Phi) is 4.25. The Bertz CT molecular complexity index is 520. The molecule has 3 heteroatoms. The SMILES string of the molecule is Cc1nc(-c2ccc(NCCC(C)(C)C)cc2)cs1. The summed E-state index contributed by atoms with van der Waals surface area (Å²) in [6.07, 6.45) is 1.17. The molecule has 2 aromatic rings. The maximum absolute atomic E-state index is 4.50. The fourth-order valence-corrected chi connectivity index (χ4v) is 2.46. The minimum absolute atomic E-state index is 0.380. The third kappa shape index (κ3) is 4.35. The zero-order valence-corrected chi connectivity index (χ0v) is 13.0. The van der Waals surface area contributed by atoms with E-state index < -0.39 is 0 Å². The highest BCUT2D eigenvalue weighted by Crippen LogP contribution is 2.23. The zero-order chi connectivity index (χ0) is 13.9. The highest BCUT2D eigenvalue weighted by molar-refractivity contribution is 7.09. The van der Waals surface area contributed by atoms with Gasteiger partial charge in [-0.15, -0.1) is 11.3 Å². The predicted molar refractivity (Wildman–Crippen MR) is 84.8 cm³/mol. The zero-order valence-electron chi connectivity index (χ0n) is 12.2. The lowest BCUT2D eigenvalue weighted by Crippen LogP contribution is -2.12. The molecular formula is C16H22N2S. The first-order valence-corrected chi connectivity index (χ1v) is 7.58.